The highest BCUT2D eigenvalue weighted by molar-refractivity contribution is 5.80. The van der Waals surface area contributed by atoms with Gasteiger partial charge in [-0.2, -0.15) is 0 Å². The number of aliphatic hydroxyl groups excluding tert-OH is 5. The number of hydrogen-bond donors (Lipinski definition) is 6. The number of esters is 1. The molecule has 0 saturated carbocycles. The number of amides is 1. The van der Waals surface area contributed by atoms with Gasteiger partial charge in [0.25, 0.3) is 0 Å². The molecule has 1 fully saturated rings. The summed E-state index contributed by atoms with van der Waals surface area (Å²) >= 11 is 0. The maximum Gasteiger partial charge on any atom is 0.306 e. The summed E-state index contributed by atoms with van der Waals surface area (Å²) in [4.78, 5) is 26.6. The van der Waals surface area contributed by atoms with E-state index in [4.69, 9.17) is 14.2 Å². The van der Waals surface area contributed by atoms with Crippen molar-refractivity contribution in [3.05, 3.63) is 72.9 Å². The predicted molar refractivity (Wildman–Crippen MR) is 343 cm³/mol. The molecule has 0 spiro atoms. The normalized spacial score (nSPS) is 19.0. The van der Waals surface area contributed by atoms with Crippen molar-refractivity contribution in [2.75, 3.05) is 13.2 Å². The van der Waals surface area contributed by atoms with Gasteiger partial charge < -0.3 is 45.1 Å². The molecule has 11 nitrogen and oxygen atoms in total. The molecule has 476 valence electrons. The van der Waals surface area contributed by atoms with Crippen molar-refractivity contribution in [1.29, 1.82) is 0 Å². The number of aliphatic hydroxyl groups is 5. The molecule has 1 saturated heterocycles. The van der Waals surface area contributed by atoms with E-state index in [2.05, 4.69) is 86.8 Å². The van der Waals surface area contributed by atoms with Gasteiger partial charge in [0.2, 0.25) is 5.91 Å². The average molecular weight is 1150 g/mol. The van der Waals surface area contributed by atoms with Crippen LogP contribution in [-0.4, -0.2) is 99.6 Å². The monoisotopic (exact) mass is 1150 g/mol. The first kappa shape index (κ1) is 77.1. The molecule has 1 aliphatic heterocycles. The maximum atomic E-state index is 13.4. The number of unbranched alkanes of at least 4 members (excludes halogenated alkanes) is 34. The van der Waals surface area contributed by atoms with Gasteiger partial charge in [0.1, 0.15) is 24.4 Å². The molecule has 0 aliphatic carbocycles. The highest BCUT2D eigenvalue weighted by Gasteiger charge is 2.47. The molecule has 0 aromatic rings. The fourth-order valence-electron chi connectivity index (χ4n) is 10.5. The third-order valence-corrected chi connectivity index (χ3v) is 15.8. The minimum atomic E-state index is -1.62. The van der Waals surface area contributed by atoms with Crippen LogP contribution in [0, 0.1) is 0 Å². The molecule has 1 rings (SSSR count). The molecule has 0 radical (unpaired) electrons. The second-order valence-corrected chi connectivity index (χ2v) is 23.5. The summed E-state index contributed by atoms with van der Waals surface area (Å²) in [6.07, 6.45) is 65.2. The van der Waals surface area contributed by atoms with Crippen LogP contribution < -0.4 is 5.32 Å². The first-order valence-electron chi connectivity index (χ1n) is 34.2. The Labute approximate surface area is 502 Å². The fourth-order valence-corrected chi connectivity index (χ4v) is 10.5. The number of carbonyl (C=O) groups excluding carboxylic acids is 2. The SMILES string of the molecule is CC/C=C/C/C=C/CCCCCCCCC(O)C(=O)NC(COC1OC(CO)C(O)C(O)C1OC(=O)CCCCCCCCCCCCCCCC/C=C\C/C=C\C/C=C\CCCCC)C(O)/C=C/CCCCCCCCCCCCC. The fraction of sp³-hybridized carbons (Fsp3) is 0.803. The van der Waals surface area contributed by atoms with E-state index in [1.165, 1.54) is 154 Å². The standard InChI is InChI=1S/C71H127NO10/c1-4-7-10-13-16-19-22-25-26-27-28-29-30-31-32-33-34-35-36-37-38-41-44-47-50-53-56-59-66(76)82-69-68(78)67(77)65(60-73)81-71(69)80-61-62(63(74)57-54-51-48-45-42-39-23-20-17-14-11-8-5-2)72-70(79)64(75)58-55-52-49-46-43-40-24-21-18-15-12-9-6-3/h9,12,16,18-19,21,25-26,28-29,54,57,62-65,67-69,71,73-75,77-78H,4-8,10-11,13-15,17,20,22-24,27,30-53,55-56,58-61H2,1-3H3,(H,72,79)/b12-9+,19-16-,21-18+,26-25-,29-28-,57-54+. The topological polar surface area (TPSA) is 175 Å². The molecule has 0 aromatic carbocycles. The van der Waals surface area contributed by atoms with Gasteiger partial charge >= 0.3 is 5.97 Å². The number of nitrogens with one attached hydrogen (secondary N) is 1. The third-order valence-electron chi connectivity index (χ3n) is 15.8. The van der Waals surface area contributed by atoms with E-state index in [9.17, 15) is 35.1 Å². The molecule has 8 atom stereocenters. The minimum Gasteiger partial charge on any atom is -0.454 e. The second-order valence-electron chi connectivity index (χ2n) is 23.5. The summed E-state index contributed by atoms with van der Waals surface area (Å²) in [5.41, 5.74) is 0. The third kappa shape index (κ3) is 45.5. The Morgan fingerprint density at radius 2 is 0.878 bits per heavy atom. The number of rotatable bonds is 58. The van der Waals surface area contributed by atoms with Crippen molar-refractivity contribution >= 4 is 11.9 Å². The first-order chi connectivity index (χ1) is 40.2. The van der Waals surface area contributed by atoms with Crippen LogP contribution in [0.5, 0.6) is 0 Å². The predicted octanol–water partition coefficient (Wildman–Crippen LogP) is 17.1. The summed E-state index contributed by atoms with van der Waals surface area (Å²) < 4.78 is 17.7. The van der Waals surface area contributed by atoms with E-state index < -0.39 is 67.4 Å². The molecule has 82 heavy (non-hydrogen) atoms. The molecule has 1 aliphatic rings. The Hall–Kier alpha value is -2.90. The summed E-state index contributed by atoms with van der Waals surface area (Å²) in [6, 6.07) is -1.03. The molecule has 0 aromatic heterocycles. The van der Waals surface area contributed by atoms with Crippen LogP contribution in [0.15, 0.2) is 72.9 Å². The number of hydrogen-bond acceptors (Lipinski definition) is 10. The average Bonchev–Trinajstić information content (AvgIpc) is 3.45. The molecular formula is C71H127NO10. The summed E-state index contributed by atoms with van der Waals surface area (Å²) in [5, 5.41) is 57.1. The van der Waals surface area contributed by atoms with Gasteiger partial charge in [-0.05, 0) is 89.9 Å². The Balaban J connectivity index is 2.55. The molecule has 11 heteroatoms. The zero-order chi connectivity index (χ0) is 59.6. The maximum absolute atomic E-state index is 13.4. The summed E-state index contributed by atoms with van der Waals surface area (Å²) in [7, 11) is 0. The lowest BCUT2D eigenvalue weighted by molar-refractivity contribution is -0.305. The number of allylic oxidation sites excluding steroid dienone is 11. The van der Waals surface area contributed by atoms with Gasteiger partial charge in [-0.15, -0.1) is 0 Å². The molecule has 0 bridgehead atoms. The molecule has 1 heterocycles. The van der Waals surface area contributed by atoms with Gasteiger partial charge in [0.15, 0.2) is 12.4 Å². The van der Waals surface area contributed by atoms with E-state index in [1.54, 1.807) is 6.08 Å². The van der Waals surface area contributed by atoms with E-state index in [0.717, 1.165) is 103 Å². The van der Waals surface area contributed by atoms with Crippen LogP contribution >= 0.6 is 0 Å². The highest BCUT2D eigenvalue weighted by atomic mass is 16.7. The van der Waals surface area contributed by atoms with E-state index in [0.29, 0.717) is 12.8 Å². The Bertz CT molecular complexity index is 1610. The lowest BCUT2D eigenvalue weighted by Crippen LogP contribution is -2.61. The smallest absolute Gasteiger partial charge is 0.306 e. The first-order valence-corrected chi connectivity index (χ1v) is 34.2. The minimum absolute atomic E-state index is 0.121. The van der Waals surface area contributed by atoms with Crippen molar-refractivity contribution in [1.82, 2.24) is 5.32 Å². The molecule has 1 amide bonds. The lowest BCUT2D eigenvalue weighted by atomic mass is 9.99. The van der Waals surface area contributed by atoms with E-state index in [1.807, 2.05) is 6.08 Å². The van der Waals surface area contributed by atoms with Gasteiger partial charge in [-0.1, -0.05) is 280 Å². The van der Waals surface area contributed by atoms with E-state index in [-0.39, 0.29) is 19.4 Å². The van der Waals surface area contributed by atoms with Crippen molar-refractivity contribution in [2.24, 2.45) is 0 Å². The Kier molecular flexibility index (Phi) is 55.0. The molecule has 8 unspecified atom stereocenters. The van der Waals surface area contributed by atoms with Crippen molar-refractivity contribution in [3.63, 3.8) is 0 Å². The molecular weight excluding hydrogens is 1030 g/mol. The van der Waals surface area contributed by atoms with Crippen LogP contribution in [0.25, 0.3) is 0 Å². The number of carbonyl (C=O) groups is 2. The largest absolute Gasteiger partial charge is 0.454 e. The van der Waals surface area contributed by atoms with Crippen molar-refractivity contribution in [3.8, 4) is 0 Å². The quantitative estimate of drug-likeness (QED) is 0.0195. The zero-order valence-electron chi connectivity index (χ0n) is 52.9. The van der Waals surface area contributed by atoms with E-state index >= 15 is 0 Å². The Morgan fingerprint density at radius 3 is 1.34 bits per heavy atom. The van der Waals surface area contributed by atoms with Gasteiger partial charge in [-0.25, -0.2) is 0 Å². The van der Waals surface area contributed by atoms with Crippen LogP contribution in [0.3, 0.4) is 0 Å². The van der Waals surface area contributed by atoms with Crippen LogP contribution in [0.4, 0.5) is 0 Å². The van der Waals surface area contributed by atoms with Crippen molar-refractivity contribution in [2.45, 2.75) is 352 Å². The van der Waals surface area contributed by atoms with Crippen LogP contribution in [-0.2, 0) is 23.8 Å². The zero-order valence-corrected chi connectivity index (χ0v) is 52.9. The van der Waals surface area contributed by atoms with Gasteiger partial charge in [0, 0.05) is 6.42 Å². The van der Waals surface area contributed by atoms with Crippen LogP contribution in [0.1, 0.15) is 303 Å². The second kappa shape index (κ2) is 58.5. The Morgan fingerprint density at radius 1 is 0.488 bits per heavy atom. The number of ether oxygens (including phenoxy) is 3. The lowest BCUT2D eigenvalue weighted by Gasteiger charge is -2.41. The summed E-state index contributed by atoms with van der Waals surface area (Å²) in [6.45, 7) is 5.67. The van der Waals surface area contributed by atoms with Gasteiger partial charge in [0.05, 0.1) is 25.4 Å². The van der Waals surface area contributed by atoms with Crippen molar-refractivity contribution < 1.29 is 49.3 Å². The van der Waals surface area contributed by atoms with Crippen LogP contribution in [0.2, 0.25) is 0 Å². The summed E-state index contributed by atoms with van der Waals surface area (Å²) in [5.74, 6) is -1.20. The highest BCUT2D eigenvalue weighted by Crippen LogP contribution is 2.26. The molecule has 6 N–H and O–H groups in total. The van der Waals surface area contributed by atoms with Gasteiger partial charge in [-0.3, -0.25) is 9.59 Å².